The first kappa shape index (κ1) is 29.2. The third-order valence-corrected chi connectivity index (χ3v) is 8.08. The molecule has 2 fully saturated rings. The van der Waals surface area contributed by atoms with Crippen molar-refractivity contribution in [1.82, 2.24) is 19.6 Å². The minimum atomic E-state index is -0.320. The van der Waals surface area contributed by atoms with Crippen LogP contribution in [-0.2, 0) is 17.8 Å². The summed E-state index contributed by atoms with van der Waals surface area (Å²) in [6, 6.07) is 16.1. The number of hydrogen-bond donors (Lipinski definition) is 0. The number of carbonyl (C=O) groups excluding carboxylic acids is 2. The molecule has 2 aliphatic heterocycles. The highest BCUT2D eigenvalue weighted by Gasteiger charge is 2.33. The number of nitrogens with zero attached hydrogens (tertiary/aromatic N) is 4. The van der Waals surface area contributed by atoms with E-state index in [4.69, 9.17) is 4.74 Å². The Hall–Kier alpha value is -2.74. The fraction of sp³-hybridized carbons (Fsp3) is 0.562. The monoisotopic (exact) mass is 534 g/mol. The normalized spacial score (nSPS) is 21.3. The molecule has 0 N–H and O–H groups in total. The Labute approximate surface area is 234 Å². The molecule has 2 saturated heterocycles. The Balaban J connectivity index is 1.31. The third-order valence-electron chi connectivity index (χ3n) is 8.08. The van der Waals surface area contributed by atoms with Crippen molar-refractivity contribution in [2.45, 2.75) is 59.3 Å². The zero-order chi connectivity index (χ0) is 27.9. The van der Waals surface area contributed by atoms with Crippen LogP contribution in [0, 0.1) is 5.92 Å². The molecule has 0 aliphatic carbocycles. The third kappa shape index (κ3) is 7.90. The summed E-state index contributed by atoms with van der Waals surface area (Å²) in [7, 11) is 1.40. The average molecular weight is 535 g/mol. The molecular formula is C32H46N4O3. The summed E-state index contributed by atoms with van der Waals surface area (Å²) >= 11 is 0. The Morgan fingerprint density at radius 2 is 1.44 bits per heavy atom. The minimum absolute atomic E-state index is 0.109. The number of ether oxygens (including phenoxy) is 1. The molecule has 39 heavy (non-hydrogen) atoms. The van der Waals surface area contributed by atoms with Crippen LogP contribution in [0.3, 0.4) is 0 Å². The van der Waals surface area contributed by atoms with Crippen LogP contribution in [0.4, 0.5) is 0 Å². The Morgan fingerprint density at radius 1 is 0.821 bits per heavy atom. The van der Waals surface area contributed by atoms with Gasteiger partial charge in [-0.25, -0.2) is 4.79 Å². The van der Waals surface area contributed by atoms with Gasteiger partial charge in [0.1, 0.15) is 0 Å². The smallest absolute Gasteiger partial charge is 0.337 e. The van der Waals surface area contributed by atoms with Crippen LogP contribution in [0.25, 0.3) is 0 Å². The Kier molecular flexibility index (Phi) is 10.2. The van der Waals surface area contributed by atoms with E-state index in [1.54, 1.807) is 0 Å². The van der Waals surface area contributed by atoms with Gasteiger partial charge in [-0.15, -0.1) is 0 Å². The van der Waals surface area contributed by atoms with Gasteiger partial charge in [-0.05, 0) is 68.1 Å². The number of piperazine rings is 2. The predicted octanol–water partition coefficient (Wildman–Crippen LogP) is 4.37. The van der Waals surface area contributed by atoms with E-state index in [9.17, 15) is 9.59 Å². The predicted molar refractivity (Wildman–Crippen MR) is 156 cm³/mol. The zero-order valence-electron chi connectivity index (χ0n) is 24.4. The van der Waals surface area contributed by atoms with E-state index in [0.717, 1.165) is 69.4 Å². The molecule has 4 rings (SSSR count). The summed E-state index contributed by atoms with van der Waals surface area (Å²) in [5.41, 5.74) is 3.71. The molecule has 7 nitrogen and oxygen atoms in total. The van der Waals surface area contributed by atoms with Crippen LogP contribution in [-0.4, -0.2) is 96.5 Å². The lowest BCUT2D eigenvalue weighted by atomic mass is 10.0. The van der Waals surface area contributed by atoms with Gasteiger partial charge in [-0.3, -0.25) is 14.6 Å². The highest BCUT2D eigenvalue weighted by atomic mass is 16.5. The molecule has 0 bridgehead atoms. The number of esters is 1. The van der Waals surface area contributed by atoms with Crippen LogP contribution >= 0.6 is 0 Å². The maximum atomic E-state index is 13.7. The second-order valence-corrected chi connectivity index (χ2v) is 11.8. The van der Waals surface area contributed by atoms with E-state index >= 15 is 0 Å². The molecular weight excluding hydrogens is 488 g/mol. The molecule has 2 aliphatic rings. The van der Waals surface area contributed by atoms with Gasteiger partial charge in [-0.2, -0.15) is 0 Å². The van der Waals surface area contributed by atoms with E-state index in [1.807, 2.05) is 36.4 Å². The van der Waals surface area contributed by atoms with Crippen molar-refractivity contribution >= 4 is 11.9 Å². The van der Waals surface area contributed by atoms with E-state index in [0.29, 0.717) is 5.56 Å². The van der Waals surface area contributed by atoms with Crippen molar-refractivity contribution in [3.8, 4) is 0 Å². The number of carbonyl (C=O) groups is 2. The molecule has 0 radical (unpaired) electrons. The van der Waals surface area contributed by atoms with E-state index in [2.05, 4.69) is 59.4 Å². The lowest BCUT2D eigenvalue weighted by molar-refractivity contribution is 0.0268. The van der Waals surface area contributed by atoms with E-state index < -0.39 is 0 Å². The van der Waals surface area contributed by atoms with Crippen molar-refractivity contribution in [3.05, 3.63) is 70.8 Å². The highest BCUT2D eigenvalue weighted by Crippen LogP contribution is 2.22. The highest BCUT2D eigenvalue weighted by molar-refractivity contribution is 5.95. The van der Waals surface area contributed by atoms with E-state index in [-0.39, 0.29) is 24.0 Å². The molecule has 0 spiro atoms. The van der Waals surface area contributed by atoms with Gasteiger partial charge in [0.15, 0.2) is 0 Å². The van der Waals surface area contributed by atoms with Crippen molar-refractivity contribution in [2.24, 2.45) is 5.92 Å². The molecule has 2 aromatic rings. The minimum Gasteiger partial charge on any atom is -0.465 e. The maximum absolute atomic E-state index is 13.7. The second kappa shape index (κ2) is 13.6. The summed E-state index contributed by atoms with van der Waals surface area (Å²) < 4.78 is 4.80. The second-order valence-electron chi connectivity index (χ2n) is 11.8. The zero-order valence-corrected chi connectivity index (χ0v) is 24.4. The van der Waals surface area contributed by atoms with Crippen molar-refractivity contribution in [2.75, 3.05) is 52.9 Å². The summed E-state index contributed by atoms with van der Waals surface area (Å²) in [5, 5.41) is 0. The quantitative estimate of drug-likeness (QED) is 0.446. The number of hydrogen-bond acceptors (Lipinski definition) is 6. The number of rotatable bonds is 9. The van der Waals surface area contributed by atoms with Crippen molar-refractivity contribution < 1.29 is 14.3 Å². The molecule has 212 valence electrons. The first-order valence-electron chi connectivity index (χ1n) is 14.5. The fourth-order valence-corrected chi connectivity index (χ4v) is 5.91. The molecule has 2 aromatic carbocycles. The topological polar surface area (TPSA) is 56.3 Å². The molecule has 2 heterocycles. The summed E-state index contributed by atoms with van der Waals surface area (Å²) in [6.45, 7) is 17.8. The van der Waals surface area contributed by atoms with Crippen LogP contribution in [0.15, 0.2) is 48.5 Å². The molecule has 2 atom stereocenters. The fourth-order valence-electron chi connectivity index (χ4n) is 5.91. The number of benzene rings is 2. The largest absolute Gasteiger partial charge is 0.465 e. The van der Waals surface area contributed by atoms with E-state index in [1.165, 1.54) is 25.6 Å². The SMILES string of the molecule is COC(=O)c1ccc(CN2C[C@@H](C)N(C(=O)c3cccc(CN4CCN(CCC(C)C)CC4)c3)[C@@H](C)C2)cc1. The molecule has 0 saturated carbocycles. The standard InChI is InChI=1S/C32H46N4O3/c1-24(2)13-14-33-15-17-34(18-16-33)23-28-7-6-8-30(19-28)31(37)36-25(3)20-35(21-26(36)4)22-27-9-11-29(12-10-27)32(38)39-5/h6-12,19,24-26H,13-18,20-23H2,1-5H3/t25-,26+. The van der Waals surface area contributed by atoms with Crippen LogP contribution in [0.5, 0.6) is 0 Å². The van der Waals surface area contributed by atoms with Gasteiger partial charge in [-0.1, -0.05) is 38.1 Å². The Bertz CT molecular complexity index is 1080. The van der Waals surface area contributed by atoms with Gasteiger partial charge in [0.05, 0.1) is 12.7 Å². The summed E-state index contributed by atoms with van der Waals surface area (Å²) in [6.07, 6.45) is 1.26. The molecule has 0 aromatic heterocycles. The summed E-state index contributed by atoms with van der Waals surface area (Å²) in [5.74, 6) is 0.556. The van der Waals surface area contributed by atoms with Crippen LogP contribution < -0.4 is 0 Å². The van der Waals surface area contributed by atoms with Gasteiger partial charge < -0.3 is 14.5 Å². The first-order valence-corrected chi connectivity index (χ1v) is 14.5. The number of amides is 1. The number of methoxy groups -OCH3 is 1. The molecule has 1 amide bonds. The maximum Gasteiger partial charge on any atom is 0.337 e. The van der Waals surface area contributed by atoms with Gasteiger partial charge >= 0.3 is 5.97 Å². The summed E-state index contributed by atoms with van der Waals surface area (Å²) in [4.78, 5) is 34.9. The van der Waals surface area contributed by atoms with Gasteiger partial charge in [0.25, 0.3) is 5.91 Å². The lowest BCUT2D eigenvalue weighted by Crippen LogP contribution is -2.58. The average Bonchev–Trinajstić information content (AvgIpc) is 2.92. The van der Waals surface area contributed by atoms with Crippen molar-refractivity contribution in [3.63, 3.8) is 0 Å². The van der Waals surface area contributed by atoms with Crippen LogP contribution in [0.2, 0.25) is 0 Å². The molecule has 7 heteroatoms. The first-order chi connectivity index (χ1) is 18.7. The van der Waals surface area contributed by atoms with Crippen molar-refractivity contribution in [1.29, 1.82) is 0 Å². The lowest BCUT2D eigenvalue weighted by Gasteiger charge is -2.44. The van der Waals surface area contributed by atoms with Gasteiger partial charge in [0.2, 0.25) is 0 Å². The molecule has 0 unspecified atom stereocenters. The van der Waals surface area contributed by atoms with Crippen LogP contribution in [0.1, 0.15) is 66.0 Å². The van der Waals surface area contributed by atoms with Gasteiger partial charge in [0, 0.05) is 70.0 Å². The Morgan fingerprint density at radius 3 is 2.05 bits per heavy atom.